The van der Waals surface area contributed by atoms with Crippen molar-refractivity contribution < 1.29 is 25.2 Å². The van der Waals surface area contributed by atoms with Crippen molar-refractivity contribution >= 4 is 0 Å². The number of aromatic hydroxyl groups is 3. The van der Waals surface area contributed by atoms with Gasteiger partial charge in [-0.25, -0.2) is 0 Å². The molecule has 1 heterocycles. The molecule has 0 fully saturated rings. The van der Waals surface area contributed by atoms with E-state index in [1.54, 1.807) is 6.07 Å². The molecule has 1 aliphatic carbocycles. The quantitative estimate of drug-likeness (QED) is 0.499. The summed E-state index contributed by atoms with van der Waals surface area (Å²) in [4.78, 5) is 0. The van der Waals surface area contributed by atoms with E-state index < -0.39 is 11.5 Å². The molecule has 136 valence electrons. The fourth-order valence-electron chi connectivity index (χ4n) is 4.36. The molecule has 0 saturated carbocycles. The predicted molar refractivity (Wildman–Crippen MR) is 99.3 cm³/mol. The summed E-state index contributed by atoms with van der Waals surface area (Å²) in [7, 11) is 0. The van der Waals surface area contributed by atoms with Crippen LogP contribution in [0.1, 0.15) is 22.6 Å². The molecule has 4 N–H and O–H groups in total. The maximum absolute atomic E-state index is 11.2. The van der Waals surface area contributed by atoms with Crippen molar-refractivity contribution in [2.24, 2.45) is 0 Å². The second kappa shape index (κ2) is 5.41. The molecule has 2 atom stereocenters. The molecule has 5 nitrogen and oxygen atoms in total. The van der Waals surface area contributed by atoms with Gasteiger partial charge in [-0.1, -0.05) is 30.3 Å². The van der Waals surface area contributed by atoms with Gasteiger partial charge in [0.2, 0.25) is 0 Å². The molecule has 27 heavy (non-hydrogen) atoms. The van der Waals surface area contributed by atoms with Crippen molar-refractivity contribution in [3.05, 3.63) is 71.3 Å². The first-order chi connectivity index (χ1) is 13.0. The van der Waals surface area contributed by atoms with Gasteiger partial charge in [-0.15, -0.1) is 0 Å². The number of phenolic OH excluding ortho intramolecular Hbond substituents is 3. The Kier molecular flexibility index (Phi) is 3.21. The van der Waals surface area contributed by atoms with Crippen LogP contribution in [0.25, 0.3) is 11.1 Å². The van der Waals surface area contributed by atoms with Crippen LogP contribution >= 0.6 is 0 Å². The zero-order valence-electron chi connectivity index (χ0n) is 14.4. The van der Waals surface area contributed by atoms with Gasteiger partial charge in [0.1, 0.15) is 23.7 Å². The maximum Gasteiger partial charge on any atom is 0.157 e. The van der Waals surface area contributed by atoms with Crippen LogP contribution in [-0.4, -0.2) is 32.6 Å². The van der Waals surface area contributed by atoms with Crippen LogP contribution in [0.5, 0.6) is 23.0 Å². The monoisotopic (exact) mass is 362 g/mol. The SMILES string of the molecule is Oc1cc2c(cc1O)C1c3cc(-c4ccccc4)c(O)cc3OCC1(O)C2. The number of hydrogen-bond acceptors (Lipinski definition) is 5. The first-order valence-corrected chi connectivity index (χ1v) is 8.78. The predicted octanol–water partition coefficient (Wildman–Crippen LogP) is 3.28. The van der Waals surface area contributed by atoms with Crippen LogP contribution < -0.4 is 4.74 Å². The topological polar surface area (TPSA) is 90.2 Å². The van der Waals surface area contributed by atoms with E-state index in [9.17, 15) is 20.4 Å². The van der Waals surface area contributed by atoms with Gasteiger partial charge >= 0.3 is 0 Å². The Morgan fingerprint density at radius 2 is 1.59 bits per heavy atom. The van der Waals surface area contributed by atoms with Crippen molar-refractivity contribution in [2.45, 2.75) is 17.9 Å². The highest BCUT2D eigenvalue weighted by Gasteiger charge is 2.50. The molecule has 0 bridgehead atoms. The Bertz CT molecular complexity index is 1060. The normalized spacial score (nSPS) is 22.5. The second-order valence-corrected chi connectivity index (χ2v) is 7.31. The van der Waals surface area contributed by atoms with Crippen LogP contribution in [0.3, 0.4) is 0 Å². The standard InChI is InChI=1S/C22H18O5/c23-17-9-20-16(7-14(17)12-4-2-1-3-5-12)21-15-8-19(25)18(24)6-13(15)10-22(21,26)11-27-20/h1-9,21,23-26H,10-11H2. The zero-order chi connectivity index (χ0) is 18.8. The average molecular weight is 362 g/mol. The van der Waals surface area contributed by atoms with E-state index in [-0.39, 0.29) is 23.9 Å². The van der Waals surface area contributed by atoms with Crippen LogP contribution in [-0.2, 0) is 6.42 Å². The molecule has 0 aromatic heterocycles. The molecule has 3 aromatic rings. The smallest absolute Gasteiger partial charge is 0.157 e. The van der Waals surface area contributed by atoms with Crippen LogP contribution in [0.15, 0.2) is 54.6 Å². The summed E-state index contributed by atoms with van der Waals surface area (Å²) in [5.41, 5.74) is 2.65. The van der Waals surface area contributed by atoms with Gasteiger partial charge in [0, 0.05) is 29.5 Å². The van der Waals surface area contributed by atoms with E-state index in [1.165, 1.54) is 12.1 Å². The van der Waals surface area contributed by atoms with E-state index in [4.69, 9.17) is 4.74 Å². The second-order valence-electron chi connectivity index (χ2n) is 7.31. The molecule has 2 unspecified atom stereocenters. The number of fused-ring (bicyclic) bond motifs is 5. The van der Waals surface area contributed by atoms with E-state index >= 15 is 0 Å². The van der Waals surface area contributed by atoms with Crippen molar-refractivity contribution in [3.8, 4) is 34.1 Å². The largest absolute Gasteiger partial charge is 0.507 e. The summed E-state index contributed by atoms with van der Waals surface area (Å²) < 4.78 is 5.77. The number of benzene rings is 3. The van der Waals surface area contributed by atoms with Gasteiger partial charge in [0.25, 0.3) is 0 Å². The summed E-state index contributed by atoms with van der Waals surface area (Å²) in [5.74, 6) is -0.203. The minimum Gasteiger partial charge on any atom is -0.507 e. The molecule has 0 saturated heterocycles. The molecule has 0 spiro atoms. The van der Waals surface area contributed by atoms with Gasteiger partial charge in [-0.05, 0) is 34.9 Å². The van der Waals surface area contributed by atoms with Crippen LogP contribution in [0.2, 0.25) is 0 Å². The van der Waals surface area contributed by atoms with Gasteiger partial charge in [-0.3, -0.25) is 0 Å². The molecule has 5 rings (SSSR count). The lowest BCUT2D eigenvalue weighted by Crippen LogP contribution is -2.43. The summed E-state index contributed by atoms with van der Waals surface area (Å²) in [6.45, 7) is 0.0744. The summed E-state index contributed by atoms with van der Waals surface area (Å²) in [5, 5.41) is 41.5. The van der Waals surface area contributed by atoms with Gasteiger partial charge < -0.3 is 25.2 Å². The number of aliphatic hydroxyl groups is 1. The van der Waals surface area contributed by atoms with Gasteiger partial charge in [-0.2, -0.15) is 0 Å². The molecule has 2 aliphatic rings. The van der Waals surface area contributed by atoms with E-state index in [1.807, 2.05) is 36.4 Å². The Labute approximate surface area is 155 Å². The van der Waals surface area contributed by atoms with Gasteiger partial charge in [0.05, 0.1) is 0 Å². The Balaban J connectivity index is 1.73. The fraction of sp³-hybridized carbons (Fsp3) is 0.182. The first-order valence-electron chi connectivity index (χ1n) is 8.78. The number of hydrogen-bond donors (Lipinski definition) is 4. The lowest BCUT2D eigenvalue weighted by atomic mass is 9.79. The molecular weight excluding hydrogens is 344 g/mol. The molecule has 0 radical (unpaired) electrons. The lowest BCUT2D eigenvalue weighted by molar-refractivity contribution is -0.0218. The minimum atomic E-state index is -1.17. The fourth-order valence-corrected chi connectivity index (χ4v) is 4.36. The highest BCUT2D eigenvalue weighted by molar-refractivity contribution is 5.74. The zero-order valence-corrected chi connectivity index (χ0v) is 14.4. The molecular formula is C22H18O5. The van der Waals surface area contributed by atoms with Crippen molar-refractivity contribution in [3.63, 3.8) is 0 Å². The summed E-state index contributed by atoms with van der Waals surface area (Å²) in [6, 6.07) is 15.9. The third-order valence-electron chi connectivity index (χ3n) is 5.58. The third kappa shape index (κ3) is 2.28. The Morgan fingerprint density at radius 1 is 0.852 bits per heavy atom. The highest BCUT2D eigenvalue weighted by atomic mass is 16.5. The summed E-state index contributed by atoms with van der Waals surface area (Å²) in [6.07, 6.45) is 0.321. The average Bonchev–Trinajstić information content (AvgIpc) is 2.94. The van der Waals surface area contributed by atoms with Gasteiger partial charge in [0.15, 0.2) is 11.5 Å². The Hall–Kier alpha value is -3.18. The van der Waals surface area contributed by atoms with Crippen molar-refractivity contribution in [1.82, 2.24) is 0 Å². The maximum atomic E-state index is 11.2. The summed E-state index contributed by atoms with van der Waals surface area (Å²) >= 11 is 0. The third-order valence-corrected chi connectivity index (χ3v) is 5.58. The first kappa shape index (κ1) is 16.0. The van der Waals surface area contributed by atoms with E-state index in [2.05, 4.69) is 0 Å². The van der Waals surface area contributed by atoms with E-state index in [0.717, 1.165) is 22.3 Å². The molecule has 0 amide bonds. The van der Waals surface area contributed by atoms with Crippen molar-refractivity contribution in [2.75, 3.05) is 6.61 Å². The molecule has 3 aromatic carbocycles. The molecule has 5 heteroatoms. The van der Waals surface area contributed by atoms with Crippen LogP contribution in [0, 0.1) is 0 Å². The highest BCUT2D eigenvalue weighted by Crippen LogP contribution is 2.54. The number of phenols is 3. The Morgan fingerprint density at radius 3 is 2.37 bits per heavy atom. The van der Waals surface area contributed by atoms with Crippen LogP contribution in [0.4, 0.5) is 0 Å². The molecule has 1 aliphatic heterocycles. The number of rotatable bonds is 1. The number of ether oxygens (including phenoxy) is 1. The van der Waals surface area contributed by atoms with Crippen molar-refractivity contribution in [1.29, 1.82) is 0 Å². The minimum absolute atomic E-state index is 0.0744. The van der Waals surface area contributed by atoms with E-state index in [0.29, 0.717) is 17.7 Å². The lowest BCUT2D eigenvalue weighted by Gasteiger charge is -2.37.